The molecule has 2 aromatic heterocycles. The zero-order valence-electron chi connectivity index (χ0n) is 15.2. The Bertz CT molecular complexity index is 839. The molecule has 2 heterocycles. The lowest BCUT2D eigenvalue weighted by Gasteiger charge is -2.11. The maximum Gasteiger partial charge on any atom is 0.236 e. The minimum Gasteiger partial charge on any atom is -0.443 e. The van der Waals surface area contributed by atoms with E-state index >= 15 is 0 Å². The van der Waals surface area contributed by atoms with Gasteiger partial charge in [0.2, 0.25) is 5.89 Å². The highest BCUT2D eigenvalue weighted by Crippen LogP contribution is 2.23. The first kappa shape index (κ1) is 18.2. The number of benzene rings is 1. The Morgan fingerprint density at radius 2 is 1.96 bits per heavy atom. The van der Waals surface area contributed by atoms with E-state index in [-0.39, 0.29) is 0 Å². The van der Waals surface area contributed by atoms with Crippen molar-refractivity contribution in [3.8, 4) is 10.8 Å². The van der Waals surface area contributed by atoms with Crippen LogP contribution in [0.25, 0.3) is 10.8 Å². The van der Waals surface area contributed by atoms with Crippen molar-refractivity contribution >= 4 is 17.3 Å². The summed E-state index contributed by atoms with van der Waals surface area (Å²) in [6.07, 6.45) is 2.71. The van der Waals surface area contributed by atoms with Crippen molar-refractivity contribution in [1.82, 2.24) is 15.6 Å². The van der Waals surface area contributed by atoms with E-state index in [0.29, 0.717) is 19.0 Å². The first-order chi connectivity index (χ1) is 12.8. The fraction of sp³-hybridized carbons (Fsp3) is 0.300. The molecule has 0 aliphatic rings. The Kier molecular flexibility index (Phi) is 6.44. The third-order valence-electron chi connectivity index (χ3n) is 3.97. The van der Waals surface area contributed by atoms with Gasteiger partial charge in [-0.2, -0.15) is 0 Å². The second-order valence-corrected chi connectivity index (χ2v) is 6.74. The number of hydrogen-bond acceptors (Lipinski definition) is 4. The number of thiophene rings is 1. The maximum absolute atomic E-state index is 5.56. The Balaban J connectivity index is 1.63. The van der Waals surface area contributed by atoms with Crippen molar-refractivity contribution in [3.05, 3.63) is 64.9 Å². The molecule has 2 N–H and O–H groups in total. The molecule has 0 bridgehead atoms. The summed E-state index contributed by atoms with van der Waals surface area (Å²) >= 11 is 1.62. The zero-order chi connectivity index (χ0) is 18.2. The third-order valence-corrected chi connectivity index (χ3v) is 4.83. The number of hydrogen-bond donors (Lipinski definition) is 2. The van der Waals surface area contributed by atoms with Crippen LogP contribution in [0.1, 0.15) is 30.7 Å². The van der Waals surface area contributed by atoms with Gasteiger partial charge in [-0.3, -0.25) is 0 Å². The minimum absolute atomic E-state index is 0.566. The van der Waals surface area contributed by atoms with E-state index in [0.717, 1.165) is 29.5 Å². The van der Waals surface area contributed by atoms with Gasteiger partial charge in [-0.25, -0.2) is 9.98 Å². The van der Waals surface area contributed by atoms with Crippen molar-refractivity contribution in [3.63, 3.8) is 0 Å². The Labute approximate surface area is 158 Å². The molecule has 0 saturated heterocycles. The molecule has 0 atom stereocenters. The van der Waals surface area contributed by atoms with Gasteiger partial charge < -0.3 is 15.1 Å². The molecule has 3 aromatic rings. The van der Waals surface area contributed by atoms with Crippen LogP contribution >= 0.6 is 11.3 Å². The molecule has 0 saturated carbocycles. The number of nitrogens with one attached hydrogen (secondary N) is 2. The van der Waals surface area contributed by atoms with Gasteiger partial charge in [-0.15, -0.1) is 11.3 Å². The van der Waals surface area contributed by atoms with Crippen LogP contribution in [-0.4, -0.2) is 17.5 Å². The molecule has 0 radical (unpaired) electrons. The molecule has 6 heteroatoms. The van der Waals surface area contributed by atoms with Gasteiger partial charge in [0.25, 0.3) is 0 Å². The molecular weight excluding hydrogens is 344 g/mol. The standard InChI is InChI=1S/C20H24N4OS/c1-3-15-8-5-6-9-16(15)12-22-20(21-4-2)23-13-17-14-25-19(24-17)18-10-7-11-26-18/h5-11,14H,3-4,12-13H2,1-2H3,(H2,21,22,23). The first-order valence-corrected chi connectivity index (χ1v) is 9.75. The minimum atomic E-state index is 0.566. The smallest absolute Gasteiger partial charge is 0.236 e. The summed E-state index contributed by atoms with van der Waals surface area (Å²) in [6, 6.07) is 12.4. The van der Waals surface area contributed by atoms with Crippen LogP contribution in [0.4, 0.5) is 0 Å². The molecule has 5 nitrogen and oxygen atoms in total. The lowest BCUT2D eigenvalue weighted by atomic mass is 10.1. The van der Waals surface area contributed by atoms with E-state index in [2.05, 4.69) is 53.7 Å². The van der Waals surface area contributed by atoms with Gasteiger partial charge in [-0.1, -0.05) is 37.3 Å². The summed E-state index contributed by atoms with van der Waals surface area (Å²) in [6.45, 7) is 6.25. The second kappa shape index (κ2) is 9.20. The Hall–Kier alpha value is -2.60. The van der Waals surface area contributed by atoms with Crippen LogP contribution in [0.3, 0.4) is 0 Å². The van der Waals surface area contributed by atoms with E-state index in [4.69, 9.17) is 9.41 Å². The Morgan fingerprint density at radius 3 is 2.69 bits per heavy atom. The number of oxazole rings is 1. The average Bonchev–Trinajstić information content (AvgIpc) is 3.35. The molecule has 136 valence electrons. The first-order valence-electron chi connectivity index (χ1n) is 8.87. The van der Waals surface area contributed by atoms with Gasteiger partial charge in [-0.05, 0) is 35.9 Å². The number of aromatic nitrogens is 1. The van der Waals surface area contributed by atoms with Crippen LogP contribution in [0.15, 0.2) is 57.5 Å². The number of nitrogens with zero attached hydrogens (tertiary/aromatic N) is 2. The molecule has 0 unspecified atom stereocenters. The lowest BCUT2D eigenvalue weighted by Crippen LogP contribution is -2.36. The molecule has 0 spiro atoms. The molecule has 0 amide bonds. The molecule has 0 aliphatic heterocycles. The normalized spacial score (nSPS) is 11.5. The fourth-order valence-electron chi connectivity index (χ4n) is 2.64. The second-order valence-electron chi connectivity index (χ2n) is 5.79. The average molecular weight is 369 g/mol. The SMILES string of the molecule is CCNC(=NCc1ccccc1CC)NCc1coc(-c2cccs2)n1. The third kappa shape index (κ3) is 4.73. The highest BCUT2D eigenvalue weighted by Gasteiger charge is 2.08. The van der Waals surface area contributed by atoms with Crippen molar-refractivity contribution in [2.75, 3.05) is 6.54 Å². The molecule has 26 heavy (non-hydrogen) atoms. The monoisotopic (exact) mass is 368 g/mol. The highest BCUT2D eigenvalue weighted by atomic mass is 32.1. The predicted octanol–water partition coefficient (Wildman–Crippen LogP) is 4.22. The summed E-state index contributed by atoms with van der Waals surface area (Å²) in [5, 5.41) is 8.62. The van der Waals surface area contributed by atoms with Crippen molar-refractivity contribution in [2.45, 2.75) is 33.4 Å². The summed E-state index contributed by atoms with van der Waals surface area (Å²) < 4.78 is 5.56. The quantitative estimate of drug-likeness (QED) is 0.484. The number of aliphatic imine (C=N–C) groups is 1. The van der Waals surface area contributed by atoms with E-state index in [1.54, 1.807) is 17.6 Å². The highest BCUT2D eigenvalue weighted by molar-refractivity contribution is 7.13. The maximum atomic E-state index is 5.56. The van der Waals surface area contributed by atoms with Gasteiger partial charge in [0.1, 0.15) is 6.26 Å². The summed E-state index contributed by atoms with van der Waals surface area (Å²) in [7, 11) is 0. The lowest BCUT2D eigenvalue weighted by molar-refractivity contribution is 0.573. The van der Waals surface area contributed by atoms with E-state index in [1.807, 2.05) is 17.5 Å². The number of guanidine groups is 1. The summed E-state index contributed by atoms with van der Waals surface area (Å²) in [5.41, 5.74) is 3.45. The number of aryl methyl sites for hydroxylation is 1. The molecule has 3 rings (SSSR count). The van der Waals surface area contributed by atoms with Gasteiger partial charge in [0, 0.05) is 6.54 Å². The fourth-order valence-corrected chi connectivity index (χ4v) is 3.29. The summed E-state index contributed by atoms with van der Waals surface area (Å²) in [4.78, 5) is 10.3. The number of rotatable bonds is 7. The van der Waals surface area contributed by atoms with Crippen LogP contribution in [-0.2, 0) is 19.5 Å². The van der Waals surface area contributed by atoms with Gasteiger partial charge >= 0.3 is 0 Å². The molecule has 1 aromatic carbocycles. The Morgan fingerprint density at radius 1 is 1.12 bits per heavy atom. The van der Waals surface area contributed by atoms with Crippen LogP contribution in [0, 0.1) is 0 Å². The van der Waals surface area contributed by atoms with Crippen molar-refractivity contribution in [2.24, 2.45) is 4.99 Å². The predicted molar refractivity (Wildman–Crippen MR) is 107 cm³/mol. The van der Waals surface area contributed by atoms with E-state index < -0.39 is 0 Å². The molecule has 0 fully saturated rings. The zero-order valence-corrected chi connectivity index (χ0v) is 16.0. The largest absolute Gasteiger partial charge is 0.443 e. The molecular formula is C20H24N4OS. The van der Waals surface area contributed by atoms with Crippen molar-refractivity contribution < 1.29 is 4.42 Å². The van der Waals surface area contributed by atoms with Gasteiger partial charge in [0.15, 0.2) is 5.96 Å². The van der Waals surface area contributed by atoms with Gasteiger partial charge in [0.05, 0.1) is 23.7 Å². The van der Waals surface area contributed by atoms with E-state index in [9.17, 15) is 0 Å². The van der Waals surface area contributed by atoms with Crippen LogP contribution < -0.4 is 10.6 Å². The molecule has 0 aliphatic carbocycles. The van der Waals surface area contributed by atoms with Crippen LogP contribution in [0.2, 0.25) is 0 Å². The van der Waals surface area contributed by atoms with E-state index in [1.165, 1.54) is 11.1 Å². The van der Waals surface area contributed by atoms with Crippen LogP contribution in [0.5, 0.6) is 0 Å². The van der Waals surface area contributed by atoms with Crippen molar-refractivity contribution in [1.29, 1.82) is 0 Å². The topological polar surface area (TPSA) is 62.5 Å². The summed E-state index contributed by atoms with van der Waals surface area (Å²) in [5.74, 6) is 1.44.